The van der Waals surface area contributed by atoms with Crippen molar-refractivity contribution in [3.05, 3.63) is 57.9 Å². The molecule has 0 aliphatic heterocycles. The molecule has 2 aromatic rings. The van der Waals surface area contributed by atoms with Crippen LogP contribution in [-0.2, 0) is 12.6 Å². The summed E-state index contributed by atoms with van der Waals surface area (Å²) in [7, 11) is 1.74. The first-order valence-electron chi connectivity index (χ1n) is 7.25. The molecule has 1 N–H and O–H groups in total. The van der Waals surface area contributed by atoms with Gasteiger partial charge in [-0.25, -0.2) is 0 Å². The van der Waals surface area contributed by atoms with E-state index in [1.807, 2.05) is 18.2 Å². The molecule has 0 unspecified atom stereocenters. The minimum Gasteiger partial charge on any atom is -0.386 e. The standard InChI is InChI=1S/C18H23NO2/c1-12(2)13-6-8-14(9-7-13)16-11-10-15(18(3,4)21)17(20)19(16)5/h6-12,21H,1-5H3. The Balaban J connectivity index is 2.51. The molecule has 0 aliphatic carbocycles. The molecular formula is C18H23NO2. The fourth-order valence-electron chi connectivity index (χ4n) is 2.43. The lowest BCUT2D eigenvalue weighted by atomic mass is 9.97. The van der Waals surface area contributed by atoms with E-state index in [0.29, 0.717) is 11.5 Å². The summed E-state index contributed by atoms with van der Waals surface area (Å²) in [6.45, 7) is 7.56. The fraction of sp³-hybridized carbons (Fsp3) is 0.389. The van der Waals surface area contributed by atoms with E-state index < -0.39 is 5.60 Å². The van der Waals surface area contributed by atoms with Crippen LogP contribution in [0.4, 0.5) is 0 Å². The minimum atomic E-state index is -1.13. The average Bonchev–Trinajstić information content (AvgIpc) is 2.40. The highest BCUT2D eigenvalue weighted by molar-refractivity contribution is 5.60. The number of nitrogens with zero attached hydrogens (tertiary/aromatic N) is 1. The van der Waals surface area contributed by atoms with Crippen LogP contribution < -0.4 is 5.56 Å². The number of benzene rings is 1. The van der Waals surface area contributed by atoms with E-state index in [1.165, 1.54) is 5.56 Å². The van der Waals surface area contributed by atoms with Crippen molar-refractivity contribution in [1.82, 2.24) is 4.57 Å². The molecule has 21 heavy (non-hydrogen) atoms. The molecule has 0 saturated carbocycles. The van der Waals surface area contributed by atoms with E-state index >= 15 is 0 Å². The molecule has 2 rings (SSSR count). The van der Waals surface area contributed by atoms with Gasteiger partial charge in [0.15, 0.2) is 0 Å². The highest BCUT2D eigenvalue weighted by Gasteiger charge is 2.21. The highest BCUT2D eigenvalue weighted by atomic mass is 16.3. The zero-order chi connectivity index (χ0) is 15.8. The van der Waals surface area contributed by atoms with Gasteiger partial charge in [-0.15, -0.1) is 0 Å². The van der Waals surface area contributed by atoms with Gasteiger partial charge < -0.3 is 9.67 Å². The zero-order valence-corrected chi connectivity index (χ0v) is 13.3. The Hall–Kier alpha value is -1.87. The van der Waals surface area contributed by atoms with Crippen LogP contribution >= 0.6 is 0 Å². The second-order valence-corrected chi connectivity index (χ2v) is 6.33. The molecule has 0 fully saturated rings. The third-order valence-corrected chi connectivity index (χ3v) is 3.84. The highest BCUT2D eigenvalue weighted by Crippen LogP contribution is 2.23. The normalized spacial score (nSPS) is 12.0. The van der Waals surface area contributed by atoms with Crippen LogP contribution in [0.1, 0.15) is 44.7 Å². The smallest absolute Gasteiger partial charge is 0.256 e. The van der Waals surface area contributed by atoms with Crippen LogP contribution in [0.5, 0.6) is 0 Å². The summed E-state index contributed by atoms with van der Waals surface area (Å²) in [6.07, 6.45) is 0. The SMILES string of the molecule is CC(C)c1ccc(-c2ccc(C(C)(C)O)c(=O)n2C)cc1. The van der Waals surface area contributed by atoms with Gasteiger partial charge in [0.2, 0.25) is 0 Å². The maximum atomic E-state index is 12.4. The molecule has 1 aromatic heterocycles. The molecule has 0 spiro atoms. The predicted octanol–water partition coefficient (Wildman–Crippen LogP) is 3.40. The van der Waals surface area contributed by atoms with E-state index in [-0.39, 0.29) is 5.56 Å². The largest absolute Gasteiger partial charge is 0.386 e. The Bertz CT molecular complexity index is 689. The second kappa shape index (κ2) is 5.49. The topological polar surface area (TPSA) is 42.2 Å². The third-order valence-electron chi connectivity index (χ3n) is 3.84. The molecule has 0 radical (unpaired) electrons. The van der Waals surface area contributed by atoms with E-state index in [0.717, 1.165) is 11.3 Å². The lowest BCUT2D eigenvalue weighted by Gasteiger charge is -2.19. The quantitative estimate of drug-likeness (QED) is 0.939. The first-order valence-corrected chi connectivity index (χ1v) is 7.25. The van der Waals surface area contributed by atoms with E-state index in [1.54, 1.807) is 31.5 Å². The number of rotatable bonds is 3. The summed E-state index contributed by atoms with van der Waals surface area (Å²) in [5.74, 6) is 0.487. The molecule has 1 heterocycles. The van der Waals surface area contributed by atoms with E-state index in [4.69, 9.17) is 0 Å². The van der Waals surface area contributed by atoms with Gasteiger partial charge in [-0.3, -0.25) is 4.79 Å². The lowest BCUT2D eigenvalue weighted by Crippen LogP contribution is -2.31. The molecule has 0 amide bonds. The van der Waals surface area contributed by atoms with Crippen molar-refractivity contribution in [2.45, 2.75) is 39.2 Å². The number of hydrogen-bond donors (Lipinski definition) is 1. The average molecular weight is 285 g/mol. The van der Waals surface area contributed by atoms with Crippen molar-refractivity contribution in [3.8, 4) is 11.3 Å². The van der Waals surface area contributed by atoms with Gasteiger partial charge in [0, 0.05) is 12.6 Å². The van der Waals surface area contributed by atoms with Gasteiger partial charge in [-0.1, -0.05) is 38.1 Å². The van der Waals surface area contributed by atoms with Crippen molar-refractivity contribution >= 4 is 0 Å². The van der Waals surface area contributed by atoms with E-state index in [9.17, 15) is 9.90 Å². The molecule has 0 atom stereocenters. The van der Waals surface area contributed by atoms with Gasteiger partial charge in [-0.2, -0.15) is 0 Å². The summed E-state index contributed by atoms with van der Waals surface area (Å²) in [6, 6.07) is 11.9. The van der Waals surface area contributed by atoms with Crippen LogP contribution in [-0.4, -0.2) is 9.67 Å². The second-order valence-electron chi connectivity index (χ2n) is 6.33. The van der Waals surface area contributed by atoms with Crippen LogP contribution in [0.15, 0.2) is 41.2 Å². The van der Waals surface area contributed by atoms with Crippen LogP contribution in [0.3, 0.4) is 0 Å². The number of aromatic nitrogens is 1. The van der Waals surface area contributed by atoms with Crippen LogP contribution in [0, 0.1) is 0 Å². The van der Waals surface area contributed by atoms with Gasteiger partial charge in [0.1, 0.15) is 0 Å². The lowest BCUT2D eigenvalue weighted by molar-refractivity contribution is 0.0766. The minimum absolute atomic E-state index is 0.159. The summed E-state index contributed by atoms with van der Waals surface area (Å²) < 4.78 is 1.59. The Morgan fingerprint density at radius 1 is 1.05 bits per heavy atom. The Morgan fingerprint density at radius 2 is 1.62 bits per heavy atom. The van der Waals surface area contributed by atoms with Crippen LogP contribution in [0.25, 0.3) is 11.3 Å². The van der Waals surface area contributed by atoms with Gasteiger partial charge in [0.05, 0.1) is 11.3 Å². The Labute approximate surface area is 125 Å². The number of aliphatic hydroxyl groups is 1. The molecule has 1 aromatic carbocycles. The monoisotopic (exact) mass is 285 g/mol. The molecule has 0 saturated heterocycles. The molecule has 0 bridgehead atoms. The molecule has 0 aliphatic rings. The van der Waals surface area contributed by atoms with Crippen LogP contribution in [0.2, 0.25) is 0 Å². The van der Waals surface area contributed by atoms with Crippen molar-refractivity contribution in [2.75, 3.05) is 0 Å². The maximum absolute atomic E-state index is 12.4. The Morgan fingerprint density at radius 3 is 2.10 bits per heavy atom. The number of hydrogen-bond acceptors (Lipinski definition) is 2. The van der Waals surface area contributed by atoms with Gasteiger partial charge in [0.25, 0.3) is 5.56 Å². The van der Waals surface area contributed by atoms with Gasteiger partial charge in [-0.05, 0) is 43.0 Å². The van der Waals surface area contributed by atoms with Crippen molar-refractivity contribution < 1.29 is 5.11 Å². The Kier molecular flexibility index (Phi) is 4.06. The fourth-order valence-corrected chi connectivity index (χ4v) is 2.43. The zero-order valence-electron chi connectivity index (χ0n) is 13.3. The van der Waals surface area contributed by atoms with Gasteiger partial charge >= 0.3 is 0 Å². The van der Waals surface area contributed by atoms with Crippen molar-refractivity contribution in [2.24, 2.45) is 7.05 Å². The van der Waals surface area contributed by atoms with Crippen molar-refractivity contribution in [1.29, 1.82) is 0 Å². The molecule has 3 nitrogen and oxygen atoms in total. The number of pyridine rings is 1. The first kappa shape index (κ1) is 15.5. The summed E-state index contributed by atoms with van der Waals surface area (Å²) in [5.41, 5.74) is 2.25. The molecular weight excluding hydrogens is 262 g/mol. The summed E-state index contributed by atoms with van der Waals surface area (Å²) in [5, 5.41) is 10.0. The first-order chi connectivity index (χ1) is 9.71. The molecule has 112 valence electrons. The summed E-state index contributed by atoms with van der Waals surface area (Å²) in [4.78, 5) is 12.4. The summed E-state index contributed by atoms with van der Waals surface area (Å²) >= 11 is 0. The maximum Gasteiger partial charge on any atom is 0.256 e. The molecule has 3 heteroatoms. The van der Waals surface area contributed by atoms with E-state index in [2.05, 4.69) is 26.0 Å². The third kappa shape index (κ3) is 3.08. The predicted molar refractivity (Wildman–Crippen MR) is 86.5 cm³/mol. The van der Waals surface area contributed by atoms with Crippen molar-refractivity contribution in [3.63, 3.8) is 0 Å².